The van der Waals surface area contributed by atoms with Crippen LogP contribution in [0.25, 0.3) is 32.7 Å². The van der Waals surface area contributed by atoms with E-state index in [1.165, 1.54) is 48.5 Å². The van der Waals surface area contributed by atoms with Crippen LogP contribution in [0.1, 0.15) is 20.7 Å². The van der Waals surface area contributed by atoms with Crippen molar-refractivity contribution in [3.63, 3.8) is 0 Å². The molecule has 0 saturated heterocycles. The number of hydrogen-bond acceptors (Lipinski definition) is 2. The average Bonchev–Trinajstić information content (AvgIpc) is 2.72. The Bertz CT molecular complexity index is 1290. The number of carboxylic acids is 2. The first-order chi connectivity index (χ1) is 14.3. The summed E-state index contributed by atoms with van der Waals surface area (Å²) in [5.41, 5.74) is -3.45. The van der Waals surface area contributed by atoms with Crippen molar-refractivity contribution in [2.24, 2.45) is 0 Å². The van der Waals surface area contributed by atoms with E-state index < -0.39 is 57.5 Å². The first kappa shape index (κ1) is 19.4. The number of benzene rings is 4. The molecule has 0 saturated carbocycles. The molecule has 8 heteroatoms. The molecule has 0 bridgehead atoms. The molecule has 0 radical (unpaired) electrons. The summed E-state index contributed by atoms with van der Waals surface area (Å²) in [6.07, 6.45) is 0. The summed E-state index contributed by atoms with van der Waals surface area (Å²) in [6, 6.07) is 10.4. The van der Waals surface area contributed by atoms with E-state index in [4.69, 9.17) is 0 Å². The Morgan fingerprint density at radius 2 is 0.833 bits per heavy atom. The van der Waals surface area contributed by atoms with Gasteiger partial charge < -0.3 is 10.2 Å². The molecule has 0 aliphatic heterocycles. The maximum absolute atomic E-state index is 14.8. The van der Waals surface area contributed by atoms with Gasteiger partial charge in [-0.2, -0.15) is 0 Å². The van der Waals surface area contributed by atoms with Crippen LogP contribution in [0.3, 0.4) is 0 Å². The lowest BCUT2D eigenvalue weighted by Crippen LogP contribution is -2.12. The van der Waals surface area contributed by atoms with E-state index in [1.807, 2.05) is 0 Å². The molecule has 0 aliphatic carbocycles. The van der Waals surface area contributed by atoms with Crippen molar-refractivity contribution in [2.45, 2.75) is 0 Å². The van der Waals surface area contributed by atoms with Gasteiger partial charge in [0.15, 0.2) is 23.3 Å². The first-order valence-electron chi connectivity index (χ1n) is 8.52. The van der Waals surface area contributed by atoms with Gasteiger partial charge in [0.1, 0.15) is 11.1 Å². The maximum atomic E-state index is 14.8. The summed E-state index contributed by atoms with van der Waals surface area (Å²) < 4.78 is 58.6. The molecule has 0 aliphatic rings. The zero-order chi connectivity index (χ0) is 21.7. The van der Waals surface area contributed by atoms with Crippen LogP contribution >= 0.6 is 0 Å². The molecule has 0 unspecified atom stereocenters. The zero-order valence-electron chi connectivity index (χ0n) is 14.8. The molecule has 4 nitrogen and oxygen atoms in total. The minimum atomic E-state index is -1.89. The second-order valence-corrected chi connectivity index (χ2v) is 6.46. The molecule has 0 atom stereocenters. The van der Waals surface area contributed by atoms with Crippen LogP contribution < -0.4 is 0 Å². The minimum absolute atomic E-state index is 0.160. The highest BCUT2D eigenvalue weighted by atomic mass is 19.2. The largest absolute Gasteiger partial charge is 0.478 e. The highest BCUT2D eigenvalue weighted by molar-refractivity contribution is 6.17. The first-order valence-corrected chi connectivity index (χ1v) is 8.52. The number of aromatic carboxylic acids is 2. The normalized spacial score (nSPS) is 11.2. The van der Waals surface area contributed by atoms with E-state index in [0.29, 0.717) is 0 Å². The Hall–Kier alpha value is -3.94. The molecule has 4 rings (SSSR count). The molecule has 0 amide bonds. The third-order valence-corrected chi connectivity index (χ3v) is 4.87. The minimum Gasteiger partial charge on any atom is -0.478 e. The number of carboxylic acid groups (broad SMARTS) is 2. The monoisotopic (exact) mass is 414 g/mol. The van der Waals surface area contributed by atoms with Gasteiger partial charge in [-0.3, -0.25) is 0 Å². The van der Waals surface area contributed by atoms with E-state index in [-0.39, 0.29) is 21.5 Å². The molecule has 150 valence electrons. The average molecular weight is 414 g/mol. The summed E-state index contributed by atoms with van der Waals surface area (Å²) in [5.74, 6) is -10.1. The van der Waals surface area contributed by atoms with Crippen molar-refractivity contribution >= 4 is 33.5 Å². The van der Waals surface area contributed by atoms with Gasteiger partial charge in [-0.05, 0) is 10.8 Å². The van der Waals surface area contributed by atoms with Gasteiger partial charge in [0.05, 0.1) is 0 Å². The van der Waals surface area contributed by atoms with E-state index in [1.54, 1.807) is 0 Å². The molecule has 0 spiro atoms. The third kappa shape index (κ3) is 2.61. The van der Waals surface area contributed by atoms with Crippen molar-refractivity contribution in [1.29, 1.82) is 0 Å². The fourth-order valence-electron chi connectivity index (χ4n) is 3.65. The Morgan fingerprint density at radius 1 is 0.533 bits per heavy atom. The smallest absolute Gasteiger partial charge is 0.339 e. The van der Waals surface area contributed by atoms with Crippen molar-refractivity contribution in [1.82, 2.24) is 0 Å². The predicted octanol–water partition coefficient (Wildman–Crippen LogP) is 5.61. The van der Waals surface area contributed by atoms with Gasteiger partial charge in [0.2, 0.25) is 0 Å². The van der Waals surface area contributed by atoms with E-state index in [9.17, 15) is 37.4 Å². The van der Waals surface area contributed by atoms with Gasteiger partial charge in [-0.25, -0.2) is 27.2 Å². The van der Waals surface area contributed by atoms with Gasteiger partial charge in [0, 0.05) is 21.9 Å². The number of fused-ring (bicyclic) bond motifs is 2. The number of rotatable bonds is 3. The standard InChI is InChI=1S/C22H10F4O4/c23-17-11-7-3-1-5-9(11)13(15(19(17)25)21(27)28)14-10-6-2-4-8-12(10)18(24)20(26)16(14)22(29)30/h1-8H,(H,27,28)(H,29,30). The highest BCUT2D eigenvalue weighted by Crippen LogP contribution is 2.43. The molecule has 0 aromatic heterocycles. The molecule has 30 heavy (non-hydrogen) atoms. The van der Waals surface area contributed by atoms with Gasteiger partial charge in [-0.1, -0.05) is 48.5 Å². The zero-order valence-corrected chi connectivity index (χ0v) is 14.8. The van der Waals surface area contributed by atoms with E-state index >= 15 is 0 Å². The predicted molar refractivity (Wildman–Crippen MR) is 101 cm³/mol. The number of carbonyl (C=O) groups is 2. The van der Waals surface area contributed by atoms with Crippen molar-refractivity contribution < 1.29 is 37.4 Å². The fourth-order valence-corrected chi connectivity index (χ4v) is 3.65. The molecule has 4 aromatic carbocycles. The maximum Gasteiger partial charge on any atom is 0.339 e. The molecule has 0 fully saturated rings. The lowest BCUT2D eigenvalue weighted by Gasteiger charge is -2.18. The second-order valence-electron chi connectivity index (χ2n) is 6.46. The molecular formula is C22H10F4O4. The fraction of sp³-hybridized carbons (Fsp3) is 0. The van der Waals surface area contributed by atoms with Crippen molar-refractivity contribution in [3.8, 4) is 11.1 Å². The summed E-state index contributed by atoms with van der Waals surface area (Å²) in [7, 11) is 0. The van der Waals surface area contributed by atoms with E-state index in [0.717, 1.165) is 0 Å². The van der Waals surface area contributed by atoms with Crippen LogP contribution in [-0.2, 0) is 0 Å². The van der Waals surface area contributed by atoms with Gasteiger partial charge in [-0.15, -0.1) is 0 Å². The van der Waals surface area contributed by atoms with Gasteiger partial charge in [0.25, 0.3) is 0 Å². The Labute approximate surface area is 165 Å². The molecule has 4 aromatic rings. The van der Waals surface area contributed by atoms with Crippen LogP contribution in [0.4, 0.5) is 17.6 Å². The van der Waals surface area contributed by atoms with Crippen LogP contribution in [0.15, 0.2) is 48.5 Å². The highest BCUT2D eigenvalue weighted by Gasteiger charge is 2.32. The quantitative estimate of drug-likeness (QED) is 0.427. The SMILES string of the molecule is O=C(O)c1c(F)c(F)c2ccccc2c1-c1c(C(=O)O)c(F)c(F)c2ccccc12. The number of halogens is 4. The summed E-state index contributed by atoms with van der Waals surface area (Å²) in [5, 5.41) is 18.2. The van der Waals surface area contributed by atoms with Crippen LogP contribution in [-0.4, -0.2) is 22.2 Å². The van der Waals surface area contributed by atoms with E-state index in [2.05, 4.69) is 0 Å². The Balaban J connectivity index is 2.40. The lowest BCUT2D eigenvalue weighted by atomic mass is 9.86. The number of hydrogen-bond donors (Lipinski definition) is 2. The van der Waals surface area contributed by atoms with Gasteiger partial charge >= 0.3 is 11.9 Å². The molecule has 2 N–H and O–H groups in total. The summed E-state index contributed by atoms with van der Waals surface area (Å²) >= 11 is 0. The lowest BCUT2D eigenvalue weighted by molar-refractivity contribution is 0.0678. The van der Waals surface area contributed by atoms with Crippen molar-refractivity contribution in [2.75, 3.05) is 0 Å². The summed E-state index contributed by atoms with van der Waals surface area (Å²) in [4.78, 5) is 23.7. The summed E-state index contributed by atoms with van der Waals surface area (Å²) in [6.45, 7) is 0. The van der Waals surface area contributed by atoms with Crippen molar-refractivity contribution in [3.05, 3.63) is 82.9 Å². The molecular weight excluding hydrogens is 404 g/mol. The second kappa shape index (κ2) is 6.84. The van der Waals surface area contributed by atoms with Crippen LogP contribution in [0.5, 0.6) is 0 Å². The Kier molecular flexibility index (Phi) is 4.42. The molecule has 0 heterocycles. The van der Waals surface area contributed by atoms with Crippen LogP contribution in [0.2, 0.25) is 0 Å². The topological polar surface area (TPSA) is 74.6 Å². The third-order valence-electron chi connectivity index (χ3n) is 4.87. The van der Waals surface area contributed by atoms with Crippen LogP contribution in [0, 0.1) is 23.3 Å². The Morgan fingerprint density at radius 3 is 1.13 bits per heavy atom.